The molecule has 2 rings (SSSR count). The largest absolute Gasteiger partial charge is 0.379 e. The highest BCUT2D eigenvalue weighted by molar-refractivity contribution is 5.21. The Balaban J connectivity index is 1.54. The van der Waals surface area contributed by atoms with E-state index in [1.54, 1.807) is 0 Å². The molecule has 1 unspecified atom stereocenters. The highest BCUT2D eigenvalue weighted by Crippen LogP contribution is 2.03. The van der Waals surface area contributed by atoms with Crippen molar-refractivity contribution in [3.8, 4) is 0 Å². The van der Waals surface area contributed by atoms with Crippen molar-refractivity contribution in [3.63, 3.8) is 0 Å². The lowest BCUT2D eigenvalue weighted by molar-refractivity contribution is 0.0743. The van der Waals surface area contributed by atoms with Crippen LogP contribution in [-0.4, -0.2) is 38.9 Å². The third-order valence-corrected chi connectivity index (χ3v) is 3.38. The molecule has 1 aromatic carbocycles. The molecular weight excluding hydrogens is 224 g/mol. The molecule has 0 radical (unpaired) electrons. The number of aryl methyl sites for hydroxylation is 1. The van der Waals surface area contributed by atoms with Crippen molar-refractivity contribution < 1.29 is 4.74 Å². The van der Waals surface area contributed by atoms with Crippen LogP contribution in [0.4, 0.5) is 0 Å². The van der Waals surface area contributed by atoms with Crippen molar-refractivity contribution in [2.24, 2.45) is 0 Å². The van der Waals surface area contributed by atoms with Crippen LogP contribution in [0.2, 0.25) is 0 Å². The van der Waals surface area contributed by atoms with E-state index in [1.165, 1.54) is 11.1 Å². The van der Waals surface area contributed by atoms with Gasteiger partial charge in [0.1, 0.15) is 0 Å². The zero-order valence-electron chi connectivity index (χ0n) is 11.2. The molecule has 1 heterocycles. The van der Waals surface area contributed by atoms with Crippen molar-refractivity contribution in [3.05, 3.63) is 35.4 Å². The molecule has 1 saturated heterocycles. The molecule has 1 fully saturated rings. The van der Waals surface area contributed by atoms with Crippen molar-refractivity contribution in [2.45, 2.75) is 25.8 Å². The number of rotatable bonds is 6. The highest BCUT2D eigenvalue weighted by Gasteiger charge is 2.11. The molecule has 0 saturated carbocycles. The molecule has 100 valence electrons. The molecule has 3 heteroatoms. The van der Waals surface area contributed by atoms with E-state index < -0.39 is 0 Å². The van der Waals surface area contributed by atoms with Crippen molar-refractivity contribution in [1.82, 2.24) is 10.6 Å². The molecule has 0 bridgehead atoms. The molecular formula is C15H24N2O. The van der Waals surface area contributed by atoms with Gasteiger partial charge in [-0.15, -0.1) is 0 Å². The monoisotopic (exact) mass is 248 g/mol. The Hall–Kier alpha value is -0.900. The Morgan fingerprint density at radius 1 is 1.28 bits per heavy atom. The fourth-order valence-electron chi connectivity index (χ4n) is 2.19. The smallest absolute Gasteiger partial charge is 0.0620 e. The number of nitrogens with one attached hydrogen (secondary N) is 2. The lowest BCUT2D eigenvalue weighted by atomic mass is 10.1. The number of hydrogen-bond donors (Lipinski definition) is 2. The van der Waals surface area contributed by atoms with Gasteiger partial charge in [-0.05, 0) is 38.4 Å². The summed E-state index contributed by atoms with van der Waals surface area (Å²) in [6.45, 7) is 6.95. The predicted molar refractivity (Wildman–Crippen MR) is 75.0 cm³/mol. The van der Waals surface area contributed by atoms with Crippen LogP contribution in [0.1, 0.15) is 17.5 Å². The van der Waals surface area contributed by atoms with Gasteiger partial charge in [-0.25, -0.2) is 0 Å². The van der Waals surface area contributed by atoms with Gasteiger partial charge in [0.15, 0.2) is 0 Å². The van der Waals surface area contributed by atoms with E-state index >= 15 is 0 Å². The second kappa shape index (κ2) is 7.52. The average molecular weight is 248 g/mol. The zero-order valence-corrected chi connectivity index (χ0v) is 11.2. The van der Waals surface area contributed by atoms with E-state index in [0.717, 1.165) is 45.7 Å². The maximum absolute atomic E-state index is 5.43. The zero-order chi connectivity index (χ0) is 12.6. The average Bonchev–Trinajstić information content (AvgIpc) is 2.42. The van der Waals surface area contributed by atoms with E-state index in [4.69, 9.17) is 4.74 Å². The number of hydrogen-bond acceptors (Lipinski definition) is 3. The number of ether oxygens (including phenoxy) is 1. The van der Waals surface area contributed by atoms with Gasteiger partial charge < -0.3 is 15.4 Å². The Kier molecular flexibility index (Phi) is 5.65. The van der Waals surface area contributed by atoms with E-state index in [0.29, 0.717) is 6.04 Å². The van der Waals surface area contributed by atoms with E-state index in [1.807, 2.05) is 0 Å². The minimum Gasteiger partial charge on any atom is -0.379 e. The molecule has 1 aliphatic heterocycles. The van der Waals surface area contributed by atoms with Crippen molar-refractivity contribution in [2.75, 3.05) is 32.8 Å². The quantitative estimate of drug-likeness (QED) is 0.749. The van der Waals surface area contributed by atoms with Gasteiger partial charge in [0, 0.05) is 12.6 Å². The first-order valence-corrected chi connectivity index (χ1v) is 6.92. The molecule has 1 atom stereocenters. The van der Waals surface area contributed by atoms with Gasteiger partial charge >= 0.3 is 0 Å². The van der Waals surface area contributed by atoms with Gasteiger partial charge in [0.05, 0.1) is 13.2 Å². The second-order valence-corrected chi connectivity index (χ2v) is 5.00. The van der Waals surface area contributed by atoms with Gasteiger partial charge in [-0.1, -0.05) is 29.8 Å². The molecule has 3 nitrogen and oxygen atoms in total. The SMILES string of the molecule is Cc1ccc(CCNCCC2COCCN2)cc1. The summed E-state index contributed by atoms with van der Waals surface area (Å²) >= 11 is 0. The van der Waals surface area contributed by atoms with Crippen molar-refractivity contribution >= 4 is 0 Å². The topological polar surface area (TPSA) is 33.3 Å². The number of benzene rings is 1. The highest BCUT2D eigenvalue weighted by atomic mass is 16.5. The lowest BCUT2D eigenvalue weighted by Gasteiger charge is -2.23. The Bertz CT molecular complexity index is 331. The summed E-state index contributed by atoms with van der Waals surface area (Å²) in [5.74, 6) is 0. The second-order valence-electron chi connectivity index (χ2n) is 5.00. The fraction of sp³-hybridized carbons (Fsp3) is 0.600. The minimum atomic E-state index is 0.533. The van der Waals surface area contributed by atoms with Crippen LogP contribution < -0.4 is 10.6 Å². The summed E-state index contributed by atoms with van der Waals surface area (Å²) in [5.41, 5.74) is 2.74. The van der Waals surface area contributed by atoms with Crippen LogP contribution in [0.5, 0.6) is 0 Å². The first-order valence-electron chi connectivity index (χ1n) is 6.92. The van der Waals surface area contributed by atoms with Crippen LogP contribution in [0.25, 0.3) is 0 Å². The summed E-state index contributed by atoms with van der Waals surface area (Å²) in [4.78, 5) is 0. The molecule has 0 amide bonds. The summed E-state index contributed by atoms with van der Waals surface area (Å²) in [5, 5.41) is 6.97. The Morgan fingerprint density at radius 2 is 2.11 bits per heavy atom. The molecule has 2 N–H and O–H groups in total. The molecule has 0 aliphatic carbocycles. The van der Waals surface area contributed by atoms with E-state index in [9.17, 15) is 0 Å². The summed E-state index contributed by atoms with van der Waals surface area (Å²) < 4.78 is 5.43. The summed E-state index contributed by atoms with van der Waals surface area (Å²) in [6.07, 6.45) is 2.25. The third kappa shape index (κ3) is 4.77. The van der Waals surface area contributed by atoms with Gasteiger partial charge in [0.2, 0.25) is 0 Å². The molecule has 0 aromatic heterocycles. The molecule has 1 aliphatic rings. The van der Waals surface area contributed by atoms with Crippen LogP contribution in [-0.2, 0) is 11.2 Å². The van der Waals surface area contributed by atoms with Crippen molar-refractivity contribution in [1.29, 1.82) is 0 Å². The maximum Gasteiger partial charge on any atom is 0.0620 e. The standard InChI is InChI=1S/C15H24N2O/c1-13-2-4-14(5-3-13)6-8-16-9-7-15-12-18-11-10-17-15/h2-5,15-17H,6-12H2,1H3. The van der Waals surface area contributed by atoms with Gasteiger partial charge in [-0.2, -0.15) is 0 Å². The van der Waals surface area contributed by atoms with E-state index in [-0.39, 0.29) is 0 Å². The molecule has 1 aromatic rings. The minimum absolute atomic E-state index is 0.533. The predicted octanol–water partition coefficient (Wildman–Crippen LogP) is 1.51. The van der Waals surface area contributed by atoms with Crippen LogP contribution >= 0.6 is 0 Å². The number of morpholine rings is 1. The van der Waals surface area contributed by atoms with Crippen LogP contribution in [0.15, 0.2) is 24.3 Å². The van der Waals surface area contributed by atoms with E-state index in [2.05, 4.69) is 41.8 Å². The lowest BCUT2D eigenvalue weighted by Crippen LogP contribution is -2.42. The summed E-state index contributed by atoms with van der Waals surface area (Å²) in [6, 6.07) is 9.32. The first kappa shape index (κ1) is 13.5. The normalized spacial score (nSPS) is 19.9. The third-order valence-electron chi connectivity index (χ3n) is 3.38. The first-order chi connectivity index (χ1) is 8.84. The van der Waals surface area contributed by atoms with Crippen LogP contribution in [0, 0.1) is 6.92 Å². The fourth-order valence-corrected chi connectivity index (χ4v) is 2.19. The Labute approximate surface area is 110 Å². The van der Waals surface area contributed by atoms with Gasteiger partial charge in [-0.3, -0.25) is 0 Å². The summed E-state index contributed by atoms with van der Waals surface area (Å²) in [7, 11) is 0. The van der Waals surface area contributed by atoms with Gasteiger partial charge in [0.25, 0.3) is 0 Å². The maximum atomic E-state index is 5.43. The molecule has 18 heavy (non-hydrogen) atoms. The van der Waals surface area contributed by atoms with Crippen LogP contribution in [0.3, 0.4) is 0 Å². The molecule has 0 spiro atoms. The Morgan fingerprint density at radius 3 is 2.83 bits per heavy atom.